The van der Waals surface area contributed by atoms with E-state index in [0.29, 0.717) is 22.8 Å². The minimum atomic E-state index is -0.0618. The van der Waals surface area contributed by atoms with Crippen molar-refractivity contribution in [3.63, 3.8) is 0 Å². The van der Waals surface area contributed by atoms with Gasteiger partial charge in [0, 0.05) is 29.9 Å². The molecular weight excluding hydrogens is 272 g/mol. The lowest BCUT2D eigenvalue weighted by Gasteiger charge is -2.19. The highest BCUT2D eigenvalue weighted by Crippen LogP contribution is 2.19. The molecular formula is C16H17ClN2O. The van der Waals surface area contributed by atoms with Crippen LogP contribution in [-0.4, -0.2) is 17.9 Å². The first-order valence-corrected chi connectivity index (χ1v) is 6.72. The maximum absolute atomic E-state index is 12.5. The summed E-state index contributed by atoms with van der Waals surface area (Å²) in [4.78, 5) is 14.1. The van der Waals surface area contributed by atoms with Gasteiger partial charge in [-0.3, -0.25) is 4.79 Å². The topological polar surface area (TPSA) is 46.3 Å². The van der Waals surface area contributed by atoms with Gasteiger partial charge < -0.3 is 10.6 Å². The van der Waals surface area contributed by atoms with Crippen molar-refractivity contribution in [2.75, 3.05) is 12.8 Å². The summed E-state index contributed by atoms with van der Waals surface area (Å²) in [7, 11) is 1.76. The van der Waals surface area contributed by atoms with Gasteiger partial charge >= 0.3 is 0 Å². The third-order valence-corrected chi connectivity index (χ3v) is 3.47. The predicted octanol–water partition coefficient (Wildman–Crippen LogP) is 3.50. The monoisotopic (exact) mass is 288 g/mol. The van der Waals surface area contributed by atoms with Crippen molar-refractivity contribution >= 4 is 23.2 Å². The zero-order chi connectivity index (χ0) is 14.7. The van der Waals surface area contributed by atoms with Crippen LogP contribution in [0.4, 0.5) is 5.69 Å². The van der Waals surface area contributed by atoms with E-state index in [2.05, 4.69) is 0 Å². The van der Waals surface area contributed by atoms with Gasteiger partial charge in [0.1, 0.15) is 0 Å². The van der Waals surface area contributed by atoms with Crippen LogP contribution in [0.1, 0.15) is 21.5 Å². The summed E-state index contributed by atoms with van der Waals surface area (Å²) in [5.74, 6) is -0.0618. The number of nitrogens with two attached hydrogens (primary N) is 1. The Bertz CT molecular complexity index is 640. The summed E-state index contributed by atoms with van der Waals surface area (Å²) in [5, 5.41) is 0.562. The second-order valence-corrected chi connectivity index (χ2v) is 5.26. The van der Waals surface area contributed by atoms with E-state index in [1.165, 1.54) is 0 Å². The Balaban J connectivity index is 2.21. The zero-order valence-corrected chi connectivity index (χ0v) is 12.3. The molecule has 1 amide bonds. The Morgan fingerprint density at radius 3 is 2.65 bits per heavy atom. The molecule has 0 aromatic heterocycles. The summed E-state index contributed by atoms with van der Waals surface area (Å²) < 4.78 is 0. The highest BCUT2D eigenvalue weighted by atomic mass is 35.5. The maximum Gasteiger partial charge on any atom is 0.254 e. The molecule has 0 saturated heterocycles. The number of nitrogen functional groups attached to an aromatic ring is 1. The van der Waals surface area contributed by atoms with Gasteiger partial charge in [-0.15, -0.1) is 0 Å². The predicted molar refractivity (Wildman–Crippen MR) is 82.8 cm³/mol. The average molecular weight is 289 g/mol. The van der Waals surface area contributed by atoms with Crippen molar-refractivity contribution in [3.8, 4) is 0 Å². The summed E-state index contributed by atoms with van der Waals surface area (Å²) in [6, 6.07) is 12.9. The average Bonchev–Trinajstić information content (AvgIpc) is 2.43. The Kier molecular flexibility index (Phi) is 4.30. The molecule has 20 heavy (non-hydrogen) atoms. The van der Waals surface area contributed by atoms with Gasteiger partial charge in [0.25, 0.3) is 5.91 Å². The molecule has 0 atom stereocenters. The SMILES string of the molecule is Cc1ccc(Cl)cc1C(=O)N(C)Cc1ccccc1N. The lowest BCUT2D eigenvalue weighted by Crippen LogP contribution is -2.27. The molecule has 0 heterocycles. The second-order valence-electron chi connectivity index (χ2n) is 4.82. The number of hydrogen-bond donors (Lipinski definition) is 1. The summed E-state index contributed by atoms with van der Waals surface area (Å²) in [5.41, 5.74) is 9.06. The highest BCUT2D eigenvalue weighted by Gasteiger charge is 2.15. The van der Waals surface area contributed by atoms with Gasteiger partial charge in [-0.05, 0) is 36.2 Å². The number of hydrogen-bond acceptors (Lipinski definition) is 2. The summed E-state index contributed by atoms with van der Waals surface area (Å²) >= 11 is 5.96. The summed E-state index contributed by atoms with van der Waals surface area (Å²) in [6.07, 6.45) is 0. The number of carbonyl (C=O) groups is 1. The van der Waals surface area contributed by atoms with Crippen molar-refractivity contribution in [1.82, 2.24) is 4.90 Å². The van der Waals surface area contributed by atoms with Gasteiger partial charge in [-0.25, -0.2) is 0 Å². The third kappa shape index (κ3) is 3.11. The molecule has 3 nitrogen and oxygen atoms in total. The fraction of sp³-hybridized carbons (Fsp3) is 0.188. The van der Waals surface area contributed by atoms with Crippen LogP contribution in [0, 0.1) is 6.92 Å². The molecule has 0 aliphatic carbocycles. The van der Waals surface area contributed by atoms with E-state index >= 15 is 0 Å². The molecule has 0 aliphatic heterocycles. The van der Waals surface area contributed by atoms with E-state index in [9.17, 15) is 4.79 Å². The number of nitrogens with zero attached hydrogens (tertiary/aromatic N) is 1. The van der Waals surface area contributed by atoms with Crippen LogP contribution in [0.25, 0.3) is 0 Å². The molecule has 0 bridgehead atoms. The lowest BCUT2D eigenvalue weighted by atomic mass is 10.1. The van der Waals surface area contributed by atoms with Crippen LogP contribution >= 0.6 is 11.6 Å². The van der Waals surface area contributed by atoms with Crippen LogP contribution in [-0.2, 0) is 6.54 Å². The fourth-order valence-electron chi connectivity index (χ4n) is 2.04. The Morgan fingerprint density at radius 1 is 1.25 bits per heavy atom. The number of anilines is 1. The standard InChI is InChI=1S/C16H17ClN2O/c1-11-7-8-13(17)9-14(11)16(20)19(2)10-12-5-3-4-6-15(12)18/h3-9H,10,18H2,1-2H3. The molecule has 0 aliphatic rings. The number of benzene rings is 2. The molecule has 2 aromatic carbocycles. The largest absolute Gasteiger partial charge is 0.398 e. The Morgan fingerprint density at radius 2 is 1.95 bits per heavy atom. The quantitative estimate of drug-likeness (QED) is 0.879. The molecule has 4 heteroatoms. The first-order chi connectivity index (χ1) is 9.49. The van der Waals surface area contributed by atoms with Crippen LogP contribution < -0.4 is 5.73 Å². The van der Waals surface area contributed by atoms with Crippen molar-refractivity contribution in [3.05, 3.63) is 64.2 Å². The first-order valence-electron chi connectivity index (χ1n) is 6.34. The van der Waals surface area contributed by atoms with Crippen molar-refractivity contribution in [2.24, 2.45) is 0 Å². The van der Waals surface area contributed by atoms with Gasteiger partial charge in [0.2, 0.25) is 0 Å². The van der Waals surface area contributed by atoms with Crippen molar-refractivity contribution < 1.29 is 4.79 Å². The molecule has 0 radical (unpaired) electrons. The number of amides is 1. The lowest BCUT2D eigenvalue weighted by molar-refractivity contribution is 0.0784. The van der Waals surface area contributed by atoms with Gasteiger partial charge in [0.15, 0.2) is 0 Å². The number of carbonyl (C=O) groups excluding carboxylic acids is 1. The minimum absolute atomic E-state index is 0.0618. The summed E-state index contributed by atoms with van der Waals surface area (Å²) in [6.45, 7) is 2.37. The normalized spacial score (nSPS) is 10.3. The molecule has 104 valence electrons. The third-order valence-electron chi connectivity index (χ3n) is 3.24. The molecule has 0 unspecified atom stereocenters. The first kappa shape index (κ1) is 14.4. The highest BCUT2D eigenvalue weighted by molar-refractivity contribution is 6.31. The van der Waals surface area contributed by atoms with E-state index in [1.54, 1.807) is 24.1 Å². The molecule has 2 aromatic rings. The molecule has 2 N–H and O–H groups in total. The van der Waals surface area contributed by atoms with Gasteiger partial charge in [-0.1, -0.05) is 35.9 Å². The van der Waals surface area contributed by atoms with E-state index < -0.39 is 0 Å². The molecule has 0 spiro atoms. The zero-order valence-electron chi connectivity index (χ0n) is 11.6. The van der Waals surface area contributed by atoms with Gasteiger partial charge in [-0.2, -0.15) is 0 Å². The van der Waals surface area contributed by atoms with Crippen LogP contribution in [0.2, 0.25) is 5.02 Å². The van der Waals surface area contributed by atoms with Crippen molar-refractivity contribution in [2.45, 2.75) is 13.5 Å². The molecule has 0 fully saturated rings. The smallest absolute Gasteiger partial charge is 0.254 e. The Hall–Kier alpha value is -2.00. The molecule has 0 saturated carbocycles. The van der Waals surface area contributed by atoms with E-state index in [4.69, 9.17) is 17.3 Å². The van der Waals surface area contributed by atoms with Crippen LogP contribution in [0.15, 0.2) is 42.5 Å². The second kappa shape index (κ2) is 5.97. The van der Waals surface area contributed by atoms with E-state index in [-0.39, 0.29) is 5.91 Å². The van der Waals surface area contributed by atoms with E-state index in [0.717, 1.165) is 11.1 Å². The maximum atomic E-state index is 12.5. The number of aryl methyl sites for hydroxylation is 1. The number of halogens is 1. The molecule has 2 rings (SSSR count). The number of rotatable bonds is 3. The van der Waals surface area contributed by atoms with Crippen LogP contribution in [0.3, 0.4) is 0 Å². The number of para-hydroxylation sites is 1. The van der Waals surface area contributed by atoms with E-state index in [1.807, 2.05) is 37.3 Å². The van der Waals surface area contributed by atoms with Crippen molar-refractivity contribution in [1.29, 1.82) is 0 Å². The minimum Gasteiger partial charge on any atom is -0.398 e. The Labute approximate surface area is 124 Å². The van der Waals surface area contributed by atoms with Crippen LogP contribution in [0.5, 0.6) is 0 Å². The fourth-order valence-corrected chi connectivity index (χ4v) is 2.21. The van der Waals surface area contributed by atoms with Gasteiger partial charge in [0.05, 0.1) is 0 Å².